The quantitative estimate of drug-likeness (QED) is 0.299. The molecule has 0 fully saturated rings. The second-order valence-electron chi connectivity index (χ2n) is 8.50. The van der Waals surface area contributed by atoms with Crippen molar-refractivity contribution in [2.45, 2.75) is 104 Å². The van der Waals surface area contributed by atoms with Gasteiger partial charge < -0.3 is 5.11 Å². The van der Waals surface area contributed by atoms with Crippen LogP contribution in [0.5, 0.6) is 5.75 Å². The van der Waals surface area contributed by atoms with Gasteiger partial charge in [-0.15, -0.1) is 0 Å². The first kappa shape index (κ1) is 23.5. The average molecular weight is 395 g/mol. The SMILES string of the molecule is CCCCCCCCc1ccc(O)c(-c2ccccc2)c1CCCCCCCC. The molecule has 1 N–H and O–H groups in total. The van der Waals surface area contributed by atoms with E-state index in [0.717, 1.165) is 24.0 Å². The van der Waals surface area contributed by atoms with Crippen LogP contribution in [0.25, 0.3) is 11.1 Å². The lowest BCUT2D eigenvalue weighted by atomic mass is 9.88. The molecule has 0 atom stereocenters. The normalized spacial score (nSPS) is 11.1. The Bertz CT molecular complexity index is 674. The van der Waals surface area contributed by atoms with Crippen molar-refractivity contribution in [3.63, 3.8) is 0 Å². The Balaban J connectivity index is 2.09. The van der Waals surface area contributed by atoms with Crippen molar-refractivity contribution < 1.29 is 5.11 Å². The summed E-state index contributed by atoms with van der Waals surface area (Å²) in [6, 6.07) is 14.6. The summed E-state index contributed by atoms with van der Waals surface area (Å²) < 4.78 is 0. The smallest absolute Gasteiger partial charge is 0.123 e. The highest BCUT2D eigenvalue weighted by Crippen LogP contribution is 2.36. The van der Waals surface area contributed by atoms with Gasteiger partial charge in [0.1, 0.15) is 5.75 Å². The minimum Gasteiger partial charge on any atom is -0.507 e. The van der Waals surface area contributed by atoms with Crippen LogP contribution >= 0.6 is 0 Å². The molecule has 2 aromatic rings. The van der Waals surface area contributed by atoms with Gasteiger partial charge in [-0.2, -0.15) is 0 Å². The number of unbranched alkanes of at least 4 members (excludes halogenated alkanes) is 10. The molecule has 29 heavy (non-hydrogen) atoms. The Morgan fingerprint density at radius 2 is 1.14 bits per heavy atom. The van der Waals surface area contributed by atoms with Gasteiger partial charge in [0.25, 0.3) is 0 Å². The first-order valence-electron chi connectivity index (χ1n) is 12.2. The predicted molar refractivity (Wildman–Crippen MR) is 128 cm³/mol. The Morgan fingerprint density at radius 3 is 1.76 bits per heavy atom. The number of phenols is 1. The van der Waals surface area contributed by atoms with Crippen molar-refractivity contribution in [2.75, 3.05) is 0 Å². The van der Waals surface area contributed by atoms with Gasteiger partial charge in [0.05, 0.1) is 0 Å². The Morgan fingerprint density at radius 1 is 0.586 bits per heavy atom. The van der Waals surface area contributed by atoms with Crippen molar-refractivity contribution in [3.05, 3.63) is 53.6 Å². The molecule has 0 bridgehead atoms. The van der Waals surface area contributed by atoms with Crippen molar-refractivity contribution in [1.82, 2.24) is 0 Å². The van der Waals surface area contributed by atoms with E-state index in [1.165, 1.54) is 88.2 Å². The van der Waals surface area contributed by atoms with Gasteiger partial charge in [0, 0.05) is 5.56 Å². The van der Waals surface area contributed by atoms with Crippen LogP contribution in [0.15, 0.2) is 42.5 Å². The molecule has 1 heteroatoms. The summed E-state index contributed by atoms with van der Waals surface area (Å²) in [6.07, 6.45) is 18.0. The van der Waals surface area contributed by atoms with Crippen molar-refractivity contribution in [2.24, 2.45) is 0 Å². The fourth-order valence-electron chi connectivity index (χ4n) is 4.30. The number of benzene rings is 2. The summed E-state index contributed by atoms with van der Waals surface area (Å²) in [5.41, 5.74) is 5.06. The maximum absolute atomic E-state index is 10.7. The van der Waals surface area contributed by atoms with E-state index in [1.54, 1.807) is 0 Å². The Labute approximate surface area is 179 Å². The first-order chi connectivity index (χ1) is 14.3. The van der Waals surface area contributed by atoms with E-state index >= 15 is 0 Å². The van der Waals surface area contributed by atoms with Gasteiger partial charge in [-0.3, -0.25) is 0 Å². The predicted octanol–water partition coefficient (Wildman–Crippen LogP) is 8.87. The molecule has 0 aliphatic heterocycles. The summed E-state index contributed by atoms with van der Waals surface area (Å²) >= 11 is 0. The third-order valence-electron chi connectivity index (χ3n) is 6.03. The number of aryl methyl sites for hydroxylation is 1. The topological polar surface area (TPSA) is 20.2 Å². The summed E-state index contributed by atoms with van der Waals surface area (Å²) in [6.45, 7) is 4.55. The molecule has 1 nitrogen and oxygen atoms in total. The fraction of sp³-hybridized carbons (Fsp3) is 0.571. The van der Waals surface area contributed by atoms with Crippen LogP contribution in [0, 0.1) is 0 Å². The van der Waals surface area contributed by atoms with E-state index in [2.05, 4.69) is 44.2 Å². The summed E-state index contributed by atoms with van der Waals surface area (Å²) in [4.78, 5) is 0. The number of aromatic hydroxyl groups is 1. The van der Waals surface area contributed by atoms with E-state index in [0.29, 0.717) is 5.75 Å². The first-order valence-corrected chi connectivity index (χ1v) is 12.2. The molecule has 2 aromatic carbocycles. The van der Waals surface area contributed by atoms with E-state index in [-0.39, 0.29) is 0 Å². The van der Waals surface area contributed by atoms with Gasteiger partial charge >= 0.3 is 0 Å². The molecule has 0 saturated carbocycles. The van der Waals surface area contributed by atoms with Gasteiger partial charge in [-0.25, -0.2) is 0 Å². The lowest BCUT2D eigenvalue weighted by Gasteiger charge is -2.17. The van der Waals surface area contributed by atoms with Crippen LogP contribution in [-0.4, -0.2) is 5.11 Å². The number of rotatable bonds is 15. The van der Waals surface area contributed by atoms with Crippen molar-refractivity contribution in [1.29, 1.82) is 0 Å². The van der Waals surface area contributed by atoms with Crippen LogP contribution in [0.4, 0.5) is 0 Å². The Kier molecular flexibility index (Phi) is 11.6. The molecule has 0 aromatic heterocycles. The van der Waals surface area contributed by atoms with Crippen LogP contribution < -0.4 is 0 Å². The van der Waals surface area contributed by atoms with Crippen LogP contribution in [0.1, 0.15) is 102 Å². The van der Waals surface area contributed by atoms with Crippen LogP contribution in [0.2, 0.25) is 0 Å². The van der Waals surface area contributed by atoms with Gasteiger partial charge in [-0.05, 0) is 48.4 Å². The second kappa shape index (κ2) is 14.3. The maximum Gasteiger partial charge on any atom is 0.123 e. The molecule has 0 spiro atoms. The average Bonchev–Trinajstić information content (AvgIpc) is 2.75. The van der Waals surface area contributed by atoms with E-state index in [4.69, 9.17) is 0 Å². The molecular weight excluding hydrogens is 352 g/mol. The molecule has 0 saturated heterocycles. The zero-order valence-corrected chi connectivity index (χ0v) is 18.9. The van der Waals surface area contributed by atoms with Crippen molar-refractivity contribution in [3.8, 4) is 16.9 Å². The highest BCUT2D eigenvalue weighted by atomic mass is 16.3. The minimum atomic E-state index is 0.434. The molecule has 0 heterocycles. The maximum atomic E-state index is 10.7. The fourth-order valence-corrected chi connectivity index (χ4v) is 4.30. The van der Waals surface area contributed by atoms with E-state index in [1.807, 2.05) is 12.1 Å². The highest BCUT2D eigenvalue weighted by Gasteiger charge is 2.14. The Hall–Kier alpha value is -1.76. The van der Waals surface area contributed by atoms with Gasteiger partial charge in [0.2, 0.25) is 0 Å². The van der Waals surface area contributed by atoms with E-state index < -0.39 is 0 Å². The molecule has 2 rings (SSSR count). The third kappa shape index (κ3) is 8.25. The van der Waals surface area contributed by atoms with E-state index in [9.17, 15) is 5.11 Å². The highest BCUT2D eigenvalue weighted by molar-refractivity contribution is 5.75. The summed E-state index contributed by atoms with van der Waals surface area (Å²) in [5.74, 6) is 0.434. The molecule has 0 radical (unpaired) electrons. The standard InChI is InChI=1S/C28H42O/c1-3-5-7-9-11-14-18-24-22-23-27(29)28(25-19-15-13-16-20-25)26(24)21-17-12-10-8-6-4-2/h13,15-16,19-20,22-23,29H,3-12,14,17-18,21H2,1-2H3. The lowest BCUT2D eigenvalue weighted by Crippen LogP contribution is -2.00. The lowest BCUT2D eigenvalue weighted by molar-refractivity contribution is 0.476. The largest absolute Gasteiger partial charge is 0.507 e. The zero-order valence-electron chi connectivity index (χ0n) is 18.9. The minimum absolute atomic E-state index is 0.434. The molecule has 160 valence electrons. The van der Waals surface area contributed by atoms with Crippen molar-refractivity contribution >= 4 is 0 Å². The number of hydrogen-bond acceptors (Lipinski definition) is 1. The number of phenolic OH excluding ortho intramolecular Hbond substituents is 1. The molecule has 0 amide bonds. The third-order valence-corrected chi connectivity index (χ3v) is 6.03. The molecule has 0 unspecified atom stereocenters. The summed E-state index contributed by atoms with van der Waals surface area (Å²) in [7, 11) is 0. The monoisotopic (exact) mass is 394 g/mol. The molecule has 0 aliphatic carbocycles. The second-order valence-corrected chi connectivity index (χ2v) is 8.50. The van der Waals surface area contributed by atoms with Gasteiger partial charge in [0.15, 0.2) is 0 Å². The zero-order chi connectivity index (χ0) is 20.7. The van der Waals surface area contributed by atoms with Gasteiger partial charge in [-0.1, -0.05) is 114 Å². The van der Waals surface area contributed by atoms with Crippen LogP contribution in [-0.2, 0) is 12.8 Å². The summed E-state index contributed by atoms with van der Waals surface area (Å²) in [5, 5.41) is 10.7. The number of hydrogen-bond donors (Lipinski definition) is 1. The van der Waals surface area contributed by atoms with Crippen LogP contribution in [0.3, 0.4) is 0 Å². The molecular formula is C28H42O. The molecule has 0 aliphatic rings.